The maximum atomic E-state index is 10.7. The van der Waals surface area contributed by atoms with Crippen molar-refractivity contribution in [1.29, 1.82) is 0 Å². The van der Waals surface area contributed by atoms with Crippen molar-refractivity contribution >= 4 is 0 Å². The lowest BCUT2D eigenvalue weighted by Crippen LogP contribution is -2.37. The third-order valence-corrected chi connectivity index (χ3v) is 5.51. The zero-order valence-electron chi connectivity index (χ0n) is 21.8. The van der Waals surface area contributed by atoms with Gasteiger partial charge in [0.05, 0.1) is 31.5 Å². The van der Waals surface area contributed by atoms with Crippen molar-refractivity contribution in [3.05, 3.63) is 60.2 Å². The molecule has 1 heterocycles. The molecule has 0 aliphatic rings. The first-order chi connectivity index (χ1) is 16.8. The first-order valence-electron chi connectivity index (χ1n) is 12.2. The Kier molecular flexibility index (Phi) is 9.72. The average molecular weight is 482 g/mol. The van der Waals surface area contributed by atoms with Gasteiger partial charge in [0, 0.05) is 32.2 Å². The van der Waals surface area contributed by atoms with Gasteiger partial charge in [0.2, 0.25) is 5.88 Å². The monoisotopic (exact) mass is 481 g/mol. The van der Waals surface area contributed by atoms with Gasteiger partial charge in [-0.25, -0.2) is 4.68 Å². The van der Waals surface area contributed by atoms with Gasteiger partial charge in [-0.1, -0.05) is 56.3 Å². The summed E-state index contributed by atoms with van der Waals surface area (Å²) in [4.78, 5) is 2.25. The van der Waals surface area contributed by atoms with Crippen molar-refractivity contribution in [2.24, 2.45) is 13.0 Å². The molecule has 7 nitrogen and oxygen atoms in total. The van der Waals surface area contributed by atoms with Crippen molar-refractivity contribution < 1.29 is 19.3 Å². The lowest BCUT2D eigenvalue weighted by molar-refractivity contribution is -0.0109. The molecule has 0 radical (unpaired) electrons. The first kappa shape index (κ1) is 26.7. The standard InChI is InChI=1S/C28H39N3O4/c1-20(2)16-31(17-23(32)19-34-21(3)4)18-24-27(22-12-8-7-9-13-22)29-30(5)28(24)35-26-15-11-10-14-25(26)33-6/h7-15,20-21,23,32H,16-19H2,1-6H3/t23-/m0/s1. The molecule has 0 fully saturated rings. The SMILES string of the molecule is COc1ccccc1Oc1c(CN(CC(C)C)C[C@H](O)COC(C)C)c(-c2ccccc2)nn1C. The van der Waals surface area contributed by atoms with Crippen LogP contribution in [0.4, 0.5) is 0 Å². The summed E-state index contributed by atoms with van der Waals surface area (Å²) in [5.41, 5.74) is 2.84. The zero-order valence-corrected chi connectivity index (χ0v) is 21.8. The van der Waals surface area contributed by atoms with Crippen LogP contribution >= 0.6 is 0 Å². The fraction of sp³-hybridized carbons (Fsp3) is 0.464. The number of methoxy groups -OCH3 is 1. The predicted molar refractivity (Wildman–Crippen MR) is 139 cm³/mol. The molecule has 0 unspecified atom stereocenters. The Labute approximate surface area is 209 Å². The molecular weight excluding hydrogens is 442 g/mol. The van der Waals surface area contributed by atoms with Gasteiger partial charge in [-0.2, -0.15) is 5.10 Å². The molecule has 3 aromatic rings. The number of hydrogen-bond acceptors (Lipinski definition) is 6. The van der Waals surface area contributed by atoms with E-state index in [-0.39, 0.29) is 6.10 Å². The average Bonchev–Trinajstić information content (AvgIpc) is 3.13. The van der Waals surface area contributed by atoms with Crippen molar-refractivity contribution in [2.45, 2.75) is 46.4 Å². The Morgan fingerprint density at radius 1 is 0.943 bits per heavy atom. The number of para-hydroxylation sites is 2. The fourth-order valence-electron chi connectivity index (χ4n) is 4.06. The number of hydrogen-bond donors (Lipinski definition) is 1. The van der Waals surface area contributed by atoms with Crippen LogP contribution in [0.15, 0.2) is 54.6 Å². The highest BCUT2D eigenvalue weighted by molar-refractivity contribution is 5.66. The molecule has 35 heavy (non-hydrogen) atoms. The summed E-state index contributed by atoms with van der Waals surface area (Å²) < 4.78 is 19.4. The minimum Gasteiger partial charge on any atom is -0.493 e. The molecule has 190 valence electrons. The van der Waals surface area contributed by atoms with Gasteiger partial charge in [-0.15, -0.1) is 0 Å². The molecule has 0 spiro atoms. The molecule has 0 aliphatic carbocycles. The number of aromatic nitrogens is 2. The molecule has 0 amide bonds. The first-order valence-corrected chi connectivity index (χ1v) is 12.2. The van der Waals surface area contributed by atoms with Gasteiger partial charge in [0.15, 0.2) is 11.5 Å². The van der Waals surface area contributed by atoms with E-state index in [0.717, 1.165) is 23.4 Å². The van der Waals surface area contributed by atoms with E-state index in [1.807, 2.05) is 63.4 Å². The van der Waals surface area contributed by atoms with E-state index in [2.05, 4.69) is 30.9 Å². The molecule has 1 atom stereocenters. The lowest BCUT2D eigenvalue weighted by atomic mass is 10.1. The summed E-state index contributed by atoms with van der Waals surface area (Å²) in [5.74, 6) is 2.35. The lowest BCUT2D eigenvalue weighted by Gasteiger charge is -2.27. The highest BCUT2D eigenvalue weighted by atomic mass is 16.5. The summed E-state index contributed by atoms with van der Waals surface area (Å²) in [6, 6.07) is 17.7. The van der Waals surface area contributed by atoms with Crippen LogP contribution in [0.5, 0.6) is 17.4 Å². The van der Waals surface area contributed by atoms with E-state index in [0.29, 0.717) is 43.0 Å². The van der Waals surface area contributed by atoms with Crippen molar-refractivity contribution in [2.75, 3.05) is 26.8 Å². The Morgan fingerprint density at radius 2 is 1.60 bits per heavy atom. The molecule has 2 aromatic carbocycles. The van der Waals surface area contributed by atoms with Gasteiger partial charge in [-0.3, -0.25) is 4.90 Å². The number of aliphatic hydroxyl groups excluding tert-OH is 1. The highest BCUT2D eigenvalue weighted by Crippen LogP contribution is 2.37. The molecule has 7 heteroatoms. The minimum atomic E-state index is -0.591. The molecular formula is C28H39N3O4. The summed E-state index contributed by atoms with van der Waals surface area (Å²) in [6.45, 7) is 10.5. The van der Waals surface area contributed by atoms with Crippen molar-refractivity contribution in [1.82, 2.24) is 14.7 Å². The quantitative estimate of drug-likeness (QED) is 0.365. The largest absolute Gasteiger partial charge is 0.493 e. The second kappa shape index (κ2) is 12.7. The Balaban J connectivity index is 1.99. The Hall–Kier alpha value is -2.87. The third-order valence-electron chi connectivity index (χ3n) is 5.51. The van der Waals surface area contributed by atoms with Crippen LogP contribution in [-0.2, 0) is 18.3 Å². The molecule has 0 bridgehead atoms. The maximum Gasteiger partial charge on any atom is 0.222 e. The van der Waals surface area contributed by atoms with E-state index in [1.165, 1.54) is 0 Å². The van der Waals surface area contributed by atoms with E-state index >= 15 is 0 Å². The maximum absolute atomic E-state index is 10.7. The topological polar surface area (TPSA) is 69.0 Å². The van der Waals surface area contributed by atoms with E-state index in [1.54, 1.807) is 11.8 Å². The van der Waals surface area contributed by atoms with E-state index in [9.17, 15) is 5.11 Å². The summed E-state index contributed by atoms with van der Waals surface area (Å²) in [5, 5.41) is 15.5. The second-order valence-electron chi connectivity index (χ2n) is 9.50. The smallest absolute Gasteiger partial charge is 0.222 e. The molecule has 3 rings (SSSR count). The second-order valence-corrected chi connectivity index (χ2v) is 9.50. The van der Waals surface area contributed by atoms with Crippen LogP contribution in [0, 0.1) is 5.92 Å². The summed E-state index contributed by atoms with van der Waals surface area (Å²) >= 11 is 0. The number of rotatable bonds is 13. The van der Waals surface area contributed by atoms with Crippen LogP contribution in [0.2, 0.25) is 0 Å². The fourth-order valence-corrected chi connectivity index (χ4v) is 4.06. The third kappa shape index (κ3) is 7.56. The van der Waals surface area contributed by atoms with Gasteiger partial charge in [-0.05, 0) is 31.9 Å². The van der Waals surface area contributed by atoms with Gasteiger partial charge < -0.3 is 19.3 Å². The summed E-state index contributed by atoms with van der Waals surface area (Å²) in [7, 11) is 3.52. The van der Waals surface area contributed by atoms with Crippen LogP contribution in [-0.4, -0.2) is 58.8 Å². The van der Waals surface area contributed by atoms with Crippen LogP contribution < -0.4 is 9.47 Å². The Bertz CT molecular complexity index is 1050. The van der Waals surface area contributed by atoms with E-state index in [4.69, 9.17) is 19.3 Å². The van der Waals surface area contributed by atoms with Crippen molar-refractivity contribution in [3.63, 3.8) is 0 Å². The number of nitrogens with zero attached hydrogens (tertiary/aromatic N) is 3. The molecule has 1 N–H and O–H groups in total. The number of ether oxygens (including phenoxy) is 3. The molecule has 1 aromatic heterocycles. The highest BCUT2D eigenvalue weighted by Gasteiger charge is 2.24. The van der Waals surface area contributed by atoms with Gasteiger partial charge >= 0.3 is 0 Å². The van der Waals surface area contributed by atoms with Gasteiger partial charge in [0.1, 0.15) is 5.69 Å². The minimum absolute atomic E-state index is 0.0760. The number of aliphatic hydroxyl groups is 1. The number of aryl methyl sites for hydroxylation is 1. The Morgan fingerprint density at radius 3 is 2.23 bits per heavy atom. The van der Waals surface area contributed by atoms with Crippen LogP contribution in [0.1, 0.15) is 33.3 Å². The normalized spacial score (nSPS) is 12.5. The molecule has 0 aliphatic heterocycles. The number of benzene rings is 2. The molecule has 0 saturated heterocycles. The molecule has 0 saturated carbocycles. The van der Waals surface area contributed by atoms with Crippen LogP contribution in [0.25, 0.3) is 11.3 Å². The predicted octanol–water partition coefficient (Wildman–Crippen LogP) is 5.13. The van der Waals surface area contributed by atoms with E-state index < -0.39 is 6.10 Å². The van der Waals surface area contributed by atoms with Crippen LogP contribution in [0.3, 0.4) is 0 Å². The van der Waals surface area contributed by atoms with Crippen molar-refractivity contribution in [3.8, 4) is 28.6 Å². The summed E-state index contributed by atoms with van der Waals surface area (Å²) in [6.07, 6.45) is -0.515. The zero-order chi connectivity index (χ0) is 25.4. The van der Waals surface area contributed by atoms with Gasteiger partial charge in [0.25, 0.3) is 0 Å².